The molecule has 0 aliphatic rings. The molecule has 0 unspecified atom stereocenters. The minimum Gasteiger partial charge on any atom is -0.493 e. The average Bonchev–Trinajstić information content (AvgIpc) is 2.42. The van der Waals surface area contributed by atoms with Crippen LogP contribution in [0.5, 0.6) is 5.75 Å². The van der Waals surface area contributed by atoms with E-state index in [0.717, 1.165) is 36.3 Å². The van der Waals surface area contributed by atoms with Crippen LogP contribution >= 0.6 is 15.9 Å². The highest BCUT2D eigenvalue weighted by Gasteiger charge is 2.04. The van der Waals surface area contributed by atoms with E-state index in [4.69, 9.17) is 4.74 Å². The standard InChI is InChI=1S/C16H26BrNO/c1-3-5-6-7-10-18-13-14-12-15(17)8-9-16(14)19-11-4-2/h8-9,12,18H,3-7,10-11,13H2,1-2H3. The second-order valence-corrected chi connectivity index (χ2v) is 5.75. The Labute approximate surface area is 126 Å². The molecule has 3 heteroatoms. The first-order valence-electron chi connectivity index (χ1n) is 7.39. The molecule has 0 amide bonds. The van der Waals surface area contributed by atoms with Crippen molar-refractivity contribution in [2.45, 2.75) is 52.5 Å². The summed E-state index contributed by atoms with van der Waals surface area (Å²) >= 11 is 3.52. The summed E-state index contributed by atoms with van der Waals surface area (Å²) in [6, 6.07) is 6.23. The van der Waals surface area contributed by atoms with Gasteiger partial charge in [0, 0.05) is 16.6 Å². The smallest absolute Gasteiger partial charge is 0.123 e. The second kappa shape index (κ2) is 10.3. The maximum atomic E-state index is 5.78. The molecule has 0 radical (unpaired) electrons. The summed E-state index contributed by atoms with van der Waals surface area (Å²) < 4.78 is 6.89. The maximum Gasteiger partial charge on any atom is 0.123 e. The van der Waals surface area contributed by atoms with Crippen molar-refractivity contribution in [3.05, 3.63) is 28.2 Å². The summed E-state index contributed by atoms with van der Waals surface area (Å²) in [6.45, 7) is 7.12. The van der Waals surface area contributed by atoms with Crippen LogP contribution < -0.4 is 10.1 Å². The SMILES string of the molecule is CCCCCCNCc1cc(Br)ccc1OCCC. The highest BCUT2D eigenvalue weighted by molar-refractivity contribution is 9.10. The molecule has 0 heterocycles. The van der Waals surface area contributed by atoms with E-state index < -0.39 is 0 Å². The highest BCUT2D eigenvalue weighted by atomic mass is 79.9. The zero-order chi connectivity index (χ0) is 13.9. The third-order valence-electron chi connectivity index (χ3n) is 3.01. The lowest BCUT2D eigenvalue weighted by Crippen LogP contribution is -2.15. The third kappa shape index (κ3) is 6.98. The van der Waals surface area contributed by atoms with Crippen molar-refractivity contribution >= 4 is 15.9 Å². The summed E-state index contributed by atoms with van der Waals surface area (Å²) in [4.78, 5) is 0. The van der Waals surface area contributed by atoms with Crippen molar-refractivity contribution in [2.75, 3.05) is 13.2 Å². The summed E-state index contributed by atoms with van der Waals surface area (Å²) in [5.41, 5.74) is 1.23. The quantitative estimate of drug-likeness (QED) is 0.616. The van der Waals surface area contributed by atoms with Crippen LogP contribution in [-0.2, 0) is 6.54 Å². The van der Waals surface area contributed by atoms with Gasteiger partial charge in [0.25, 0.3) is 0 Å². The first kappa shape index (κ1) is 16.5. The maximum absolute atomic E-state index is 5.78. The van der Waals surface area contributed by atoms with E-state index in [-0.39, 0.29) is 0 Å². The van der Waals surface area contributed by atoms with Gasteiger partial charge < -0.3 is 10.1 Å². The Balaban J connectivity index is 2.39. The van der Waals surface area contributed by atoms with Gasteiger partial charge in [-0.1, -0.05) is 49.0 Å². The van der Waals surface area contributed by atoms with E-state index in [1.807, 2.05) is 12.1 Å². The van der Waals surface area contributed by atoms with Crippen LogP contribution in [0, 0.1) is 0 Å². The lowest BCUT2D eigenvalue weighted by molar-refractivity contribution is 0.313. The third-order valence-corrected chi connectivity index (χ3v) is 3.50. The van der Waals surface area contributed by atoms with E-state index >= 15 is 0 Å². The minimum atomic E-state index is 0.783. The Morgan fingerprint density at radius 1 is 1.11 bits per heavy atom. The van der Waals surface area contributed by atoms with Gasteiger partial charge in [0.05, 0.1) is 6.61 Å². The molecule has 1 rings (SSSR count). The van der Waals surface area contributed by atoms with Crippen LogP contribution in [-0.4, -0.2) is 13.2 Å². The van der Waals surface area contributed by atoms with Crippen molar-refractivity contribution in [3.63, 3.8) is 0 Å². The number of rotatable bonds is 10. The molecule has 0 bridgehead atoms. The van der Waals surface area contributed by atoms with Crippen LogP contribution in [0.3, 0.4) is 0 Å². The van der Waals surface area contributed by atoms with Crippen LogP contribution in [0.2, 0.25) is 0 Å². The van der Waals surface area contributed by atoms with E-state index in [9.17, 15) is 0 Å². The number of ether oxygens (including phenoxy) is 1. The van der Waals surface area contributed by atoms with E-state index in [1.165, 1.54) is 31.2 Å². The normalized spacial score (nSPS) is 10.7. The molecule has 1 aromatic carbocycles. The van der Waals surface area contributed by atoms with Crippen molar-refractivity contribution in [3.8, 4) is 5.75 Å². The van der Waals surface area contributed by atoms with Gasteiger partial charge in [-0.15, -0.1) is 0 Å². The van der Waals surface area contributed by atoms with E-state index in [0.29, 0.717) is 0 Å². The molecular weight excluding hydrogens is 302 g/mol. The molecule has 1 aromatic rings. The van der Waals surface area contributed by atoms with Crippen molar-refractivity contribution in [2.24, 2.45) is 0 Å². The van der Waals surface area contributed by atoms with Gasteiger partial charge in [-0.3, -0.25) is 0 Å². The molecule has 0 aliphatic carbocycles. The summed E-state index contributed by atoms with van der Waals surface area (Å²) in [5, 5.41) is 3.50. The lowest BCUT2D eigenvalue weighted by Gasteiger charge is -2.12. The van der Waals surface area contributed by atoms with Gasteiger partial charge in [-0.25, -0.2) is 0 Å². The van der Waals surface area contributed by atoms with Crippen molar-refractivity contribution in [1.82, 2.24) is 5.32 Å². The monoisotopic (exact) mass is 327 g/mol. The fourth-order valence-electron chi connectivity index (χ4n) is 1.94. The van der Waals surface area contributed by atoms with Gasteiger partial charge in [0.15, 0.2) is 0 Å². The summed E-state index contributed by atoms with van der Waals surface area (Å²) in [6.07, 6.45) is 6.25. The largest absolute Gasteiger partial charge is 0.493 e. The van der Waals surface area contributed by atoms with Gasteiger partial charge >= 0.3 is 0 Å². The van der Waals surface area contributed by atoms with Crippen LogP contribution in [0.15, 0.2) is 22.7 Å². The average molecular weight is 328 g/mol. The lowest BCUT2D eigenvalue weighted by atomic mass is 10.2. The summed E-state index contributed by atoms with van der Waals surface area (Å²) in [5.74, 6) is 1.01. The molecule has 2 nitrogen and oxygen atoms in total. The molecule has 0 saturated heterocycles. The second-order valence-electron chi connectivity index (χ2n) is 4.84. The molecule has 108 valence electrons. The molecule has 0 spiro atoms. The minimum absolute atomic E-state index is 0.783. The van der Waals surface area contributed by atoms with Gasteiger partial charge in [-0.2, -0.15) is 0 Å². The molecule has 0 saturated carbocycles. The molecular formula is C16H26BrNO. The first-order chi connectivity index (χ1) is 9.27. The topological polar surface area (TPSA) is 21.3 Å². The number of hydrogen-bond donors (Lipinski definition) is 1. The molecule has 1 N–H and O–H groups in total. The molecule has 19 heavy (non-hydrogen) atoms. The van der Waals surface area contributed by atoms with Crippen LogP contribution in [0.25, 0.3) is 0 Å². The Morgan fingerprint density at radius 3 is 2.68 bits per heavy atom. The Morgan fingerprint density at radius 2 is 1.95 bits per heavy atom. The molecule has 0 aromatic heterocycles. The molecule has 0 atom stereocenters. The van der Waals surface area contributed by atoms with Crippen molar-refractivity contribution in [1.29, 1.82) is 0 Å². The number of benzene rings is 1. The Hall–Kier alpha value is -0.540. The van der Waals surface area contributed by atoms with Gasteiger partial charge in [0.1, 0.15) is 5.75 Å². The van der Waals surface area contributed by atoms with E-state index in [2.05, 4.69) is 41.2 Å². The van der Waals surface area contributed by atoms with Gasteiger partial charge in [-0.05, 0) is 37.6 Å². The number of nitrogens with one attached hydrogen (secondary N) is 1. The molecule has 0 fully saturated rings. The Bertz CT molecular complexity index is 355. The zero-order valence-corrected chi connectivity index (χ0v) is 13.8. The fraction of sp³-hybridized carbons (Fsp3) is 0.625. The number of hydrogen-bond acceptors (Lipinski definition) is 2. The van der Waals surface area contributed by atoms with E-state index in [1.54, 1.807) is 0 Å². The molecule has 0 aliphatic heterocycles. The predicted octanol–water partition coefficient (Wildman–Crippen LogP) is 4.91. The predicted molar refractivity (Wildman–Crippen MR) is 85.8 cm³/mol. The van der Waals surface area contributed by atoms with Crippen molar-refractivity contribution < 1.29 is 4.74 Å². The zero-order valence-electron chi connectivity index (χ0n) is 12.2. The Kier molecular flexibility index (Phi) is 8.93. The first-order valence-corrected chi connectivity index (χ1v) is 8.19. The van der Waals surface area contributed by atoms with Gasteiger partial charge in [0.2, 0.25) is 0 Å². The summed E-state index contributed by atoms with van der Waals surface area (Å²) in [7, 11) is 0. The fourth-order valence-corrected chi connectivity index (χ4v) is 2.35. The van der Waals surface area contributed by atoms with Crippen LogP contribution in [0.4, 0.5) is 0 Å². The van der Waals surface area contributed by atoms with Crippen LogP contribution in [0.1, 0.15) is 51.5 Å². The number of unbranched alkanes of at least 4 members (excludes halogenated alkanes) is 3. The highest BCUT2D eigenvalue weighted by Crippen LogP contribution is 2.23. The number of halogens is 1.